The lowest BCUT2D eigenvalue weighted by molar-refractivity contribution is -0.155. The Bertz CT molecular complexity index is 880. The zero-order chi connectivity index (χ0) is 21.7. The van der Waals surface area contributed by atoms with Crippen molar-refractivity contribution < 1.29 is 27.5 Å². The third-order valence-electron chi connectivity index (χ3n) is 5.68. The number of carbonyl (C=O) groups is 3. The Kier molecular flexibility index (Phi) is 7.12. The molecule has 9 heteroatoms. The maximum Gasteiger partial charge on any atom is 0.328 e. The Morgan fingerprint density at radius 1 is 1.10 bits per heavy atom. The molecule has 164 valence electrons. The Morgan fingerprint density at radius 3 is 2.37 bits per heavy atom. The van der Waals surface area contributed by atoms with Gasteiger partial charge >= 0.3 is 5.97 Å². The van der Waals surface area contributed by atoms with Crippen molar-refractivity contribution in [2.24, 2.45) is 0 Å². The molecular weight excluding hydrogens is 408 g/mol. The number of carbonyl (C=O) groups excluding carboxylic acids is 3. The average Bonchev–Trinajstić information content (AvgIpc) is 3.36. The molecule has 1 aliphatic heterocycles. The zero-order valence-corrected chi connectivity index (χ0v) is 17.9. The van der Waals surface area contributed by atoms with Gasteiger partial charge < -0.3 is 15.0 Å². The summed E-state index contributed by atoms with van der Waals surface area (Å²) in [6.07, 6.45) is 4.08. The van der Waals surface area contributed by atoms with E-state index >= 15 is 0 Å². The molecule has 2 atom stereocenters. The van der Waals surface area contributed by atoms with E-state index in [0.717, 1.165) is 25.7 Å². The molecule has 1 aromatic rings. The Labute approximate surface area is 176 Å². The second-order valence-corrected chi connectivity index (χ2v) is 10.2. The van der Waals surface area contributed by atoms with Crippen LogP contribution in [0.5, 0.6) is 0 Å². The van der Waals surface area contributed by atoms with Gasteiger partial charge in [0, 0.05) is 17.6 Å². The molecule has 1 heterocycles. The number of rotatable bonds is 7. The molecule has 1 N–H and O–H groups in total. The highest BCUT2D eigenvalue weighted by Crippen LogP contribution is 2.29. The van der Waals surface area contributed by atoms with Crippen molar-refractivity contribution in [2.45, 2.75) is 57.2 Å². The topological polar surface area (TPSA) is 110 Å². The molecule has 1 saturated carbocycles. The lowest BCUT2D eigenvalue weighted by Crippen LogP contribution is -2.49. The van der Waals surface area contributed by atoms with Crippen LogP contribution in [0.2, 0.25) is 0 Å². The minimum atomic E-state index is -3.14. The van der Waals surface area contributed by atoms with Crippen LogP contribution in [0.1, 0.15) is 49.4 Å². The monoisotopic (exact) mass is 436 g/mol. The van der Waals surface area contributed by atoms with Gasteiger partial charge in [0.25, 0.3) is 11.8 Å². The van der Waals surface area contributed by atoms with E-state index in [2.05, 4.69) is 5.32 Å². The molecule has 2 amide bonds. The second kappa shape index (κ2) is 9.59. The highest BCUT2D eigenvalue weighted by Gasteiger charge is 2.39. The van der Waals surface area contributed by atoms with Crippen molar-refractivity contribution >= 4 is 27.6 Å². The summed E-state index contributed by atoms with van der Waals surface area (Å²) in [6.45, 7) is 1.03. The predicted molar refractivity (Wildman–Crippen MR) is 110 cm³/mol. The molecule has 0 aromatic heterocycles. The highest BCUT2D eigenvalue weighted by atomic mass is 32.2. The number of benzene rings is 1. The average molecular weight is 437 g/mol. The molecule has 2 fully saturated rings. The predicted octanol–water partition coefficient (Wildman–Crippen LogP) is 1.31. The Morgan fingerprint density at radius 2 is 1.77 bits per heavy atom. The molecule has 3 rings (SSSR count). The van der Waals surface area contributed by atoms with Crippen LogP contribution in [0.25, 0.3) is 0 Å². The number of nitrogens with zero attached hydrogens (tertiary/aromatic N) is 1. The van der Waals surface area contributed by atoms with Gasteiger partial charge in [0.1, 0.15) is 6.04 Å². The van der Waals surface area contributed by atoms with Gasteiger partial charge in [-0.25, -0.2) is 13.2 Å². The molecule has 1 saturated heterocycles. The van der Waals surface area contributed by atoms with Crippen LogP contribution in [0, 0.1) is 0 Å². The molecule has 0 spiro atoms. The first-order valence-corrected chi connectivity index (χ1v) is 12.1. The van der Waals surface area contributed by atoms with E-state index in [4.69, 9.17) is 4.74 Å². The van der Waals surface area contributed by atoms with Crippen LogP contribution in [0.4, 0.5) is 0 Å². The van der Waals surface area contributed by atoms with Gasteiger partial charge in [0.2, 0.25) is 0 Å². The maximum atomic E-state index is 12.9. The van der Waals surface area contributed by atoms with E-state index in [9.17, 15) is 22.8 Å². The normalized spacial score (nSPS) is 21.7. The fraction of sp³-hybridized carbons (Fsp3) is 0.571. The van der Waals surface area contributed by atoms with E-state index in [0.29, 0.717) is 12.0 Å². The number of nitrogens with one attached hydrogen (secondary N) is 1. The molecule has 0 bridgehead atoms. The van der Waals surface area contributed by atoms with Gasteiger partial charge in [-0.3, -0.25) is 9.59 Å². The molecule has 1 aromatic carbocycles. The lowest BCUT2D eigenvalue weighted by Gasteiger charge is -2.34. The quantitative estimate of drug-likeness (QED) is 0.646. The van der Waals surface area contributed by atoms with E-state index in [1.54, 1.807) is 35.2 Å². The summed E-state index contributed by atoms with van der Waals surface area (Å²) in [5.74, 6) is -1.45. The number of hydrogen-bond donors (Lipinski definition) is 1. The minimum Gasteiger partial charge on any atom is -0.454 e. The van der Waals surface area contributed by atoms with Crippen LogP contribution in [0.3, 0.4) is 0 Å². The number of hydrogen-bond acceptors (Lipinski definition) is 6. The number of amides is 2. The molecule has 1 aliphatic carbocycles. The van der Waals surface area contributed by atoms with Gasteiger partial charge in [-0.2, -0.15) is 0 Å². The summed E-state index contributed by atoms with van der Waals surface area (Å²) in [5.41, 5.74) is 0.420. The number of sulfone groups is 1. The summed E-state index contributed by atoms with van der Waals surface area (Å²) in [6, 6.07) is 7.19. The molecule has 2 aliphatic rings. The Hall–Kier alpha value is -2.42. The fourth-order valence-corrected chi connectivity index (χ4v) is 5.85. The van der Waals surface area contributed by atoms with E-state index in [1.165, 1.54) is 6.92 Å². The third kappa shape index (κ3) is 5.59. The summed E-state index contributed by atoms with van der Waals surface area (Å²) >= 11 is 0. The van der Waals surface area contributed by atoms with Gasteiger partial charge in [-0.05, 0) is 38.3 Å². The molecular formula is C21H28N2O6S. The van der Waals surface area contributed by atoms with Gasteiger partial charge in [-0.15, -0.1) is 0 Å². The second-order valence-electron chi connectivity index (χ2n) is 7.97. The maximum absolute atomic E-state index is 12.9. The van der Waals surface area contributed by atoms with E-state index in [1.807, 2.05) is 0 Å². The smallest absolute Gasteiger partial charge is 0.328 e. The van der Waals surface area contributed by atoms with Gasteiger partial charge in [-0.1, -0.05) is 31.0 Å². The van der Waals surface area contributed by atoms with Crippen molar-refractivity contribution in [1.82, 2.24) is 10.2 Å². The third-order valence-corrected chi connectivity index (χ3v) is 7.43. The molecule has 30 heavy (non-hydrogen) atoms. The summed E-state index contributed by atoms with van der Waals surface area (Å²) in [4.78, 5) is 38.9. The van der Waals surface area contributed by atoms with Crippen molar-refractivity contribution in [1.29, 1.82) is 0 Å². The van der Waals surface area contributed by atoms with Gasteiger partial charge in [0.05, 0.1) is 11.5 Å². The van der Waals surface area contributed by atoms with E-state index in [-0.39, 0.29) is 29.5 Å². The van der Waals surface area contributed by atoms with Crippen molar-refractivity contribution in [2.75, 3.05) is 18.1 Å². The van der Waals surface area contributed by atoms with Gasteiger partial charge in [0.15, 0.2) is 16.4 Å². The minimum absolute atomic E-state index is 0.00953. The van der Waals surface area contributed by atoms with Crippen molar-refractivity contribution in [3.8, 4) is 0 Å². The largest absolute Gasteiger partial charge is 0.454 e. The van der Waals surface area contributed by atoms with Crippen LogP contribution < -0.4 is 5.32 Å². The summed E-state index contributed by atoms with van der Waals surface area (Å²) in [7, 11) is -3.14. The molecule has 1 unspecified atom stereocenters. The SMILES string of the molecule is C[C@H](NC(=O)c1ccccc1)C(=O)OCC(=O)N(C1CCCC1)C1CCS(=O)(=O)C1. The number of ether oxygens (including phenoxy) is 1. The first-order chi connectivity index (χ1) is 14.3. The standard InChI is InChI=1S/C21H28N2O6S/c1-15(22-20(25)16-7-3-2-4-8-16)21(26)29-13-19(24)23(17-9-5-6-10-17)18-11-12-30(27,28)14-18/h2-4,7-8,15,17-18H,5-6,9-14H2,1H3,(H,22,25)/t15-,18?/m0/s1. The first-order valence-electron chi connectivity index (χ1n) is 10.3. The number of esters is 1. The Balaban J connectivity index is 1.56. The van der Waals surface area contributed by atoms with Crippen LogP contribution in [-0.2, 0) is 24.2 Å². The lowest BCUT2D eigenvalue weighted by atomic mass is 10.1. The van der Waals surface area contributed by atoms with Crippen LogP contribution in [0.15, 0.2) is 30.3 Å². The van der Waals surface area contributed by atoms with Crippen molar-refractivity contribution in [3.63, 3.8) is 0 Å². The molecule has 8 nitrogen and oxygen atoms in total. The molecule has 0 radical (unpaired) electrons. The summed E-state index contributed by atoms with van der Waals surface area (Å²) in [5, 5.41) is 2.55. The summed E-state index contributed by atoms with van der Waals surface area (Å²) < 4.78 is 28.9. The highest BCUT2D eigenvalue weighted by molar-refractivity contribution is 7.91. The fourth-order valence-electron chi connectivity index (χ4n) is 4.14. The van der Waals surface area contributed by atoms with Crippen LogP contribution in [-0.4, -0.2) is 67.3 Å². The van der Waals surface area contributed by atoms with E-state index < -0.39 is 34.4 Å². The van der Waals surface area contributed by atoms with Crippen LogP contribution >= 0.6 is 0 Å². The first kappa shape index (κ1) is 22.3. The van der Waals surface area contributed by atoms with Crippen molar-refractivity contribution in [3.05, 3.63) is 35.9 Å². The zero-order valence-electron chi connectivity index (χ0n) is 17.1.